The van der Waals surface area contributed by atoms with Crippen LogP contribution in [0.25, 0.3) is 0 Å². The molecule has 0 N–H and O–H groups in total. The molecule has 6 saturated carbocycles. The summed E-state index contributed by atoms with van der Waals surface area (Å²) >= 11 is 0. The molecule has 9 unspecified atom stereocenters. The average Bonchev–Trinajstić information content (AvgIpc) is 2.94. The van der Waals surface area contributed by atoms with Gasteiger partial charge in [0.05, 0.1) is 0 Å². The molecule has 0 radical (unpaired) electrons. The lowest BCUT2D eigenvalue weighted by molar-refractivity contribution is -0.0226. The Labute approximate surface area is 161 Å². The van der Waals surface area contributed by atoms with Gasteiger partial charge in [-0.05, 0) is 121 Å². The topological polar surface area (TPSA) is 0 Å². The molecule has 0 aromatic rings. The molecule has 0 heteroatoms. The Bertz CT molecular complexity index is 644. The highest BCUT2D eigenvalue weighted by atomic mass is 14.9. The van der Waals surface area contributed by atoms with Gasteiger partial charge in [-0.2, -0.15) is 0 Å². The molecule has 0 saturated heterocycles. The van der Waals surface area contributed by atoms with Crippen molar-refractivity contribution in [3.8, 4) is 0 Å². The molecule has 6 aliphatic rings. The summed E-state index contributed by atoms with van der Waals surface area (Å²) in [6.45, 7) is 12.2. The lowest BCUT2D eigenvalue weighted by Gasteiger charge is -2.52. The molecule has 0 aromatic heterocycles. The van der Waals surface area contributed by atoms with Gasteiger partial charge in [0.25, 0.3) is 0 Å². The number of rotatable bonds is 1. The Morgan fingerprint density at radius 3 is 2.38 bits per heavy atom. The first kappa shape index (κ1) is 16.7. The molecule has 0 aromatic carbocycles. The van der Waals surface area contributed by atoms with Crippen molar-refractivity contribution in [2.75, 3.05) is 0 Å². The van der Waals surface area contributed by atoms with Crippen LogP contribution < -0.4 is 0 Å². The van der Waals surface area contributed by atoms with Crippen molar-refractivity contribution < 1.29 is 0 Å². The molecule has 6 rings (SSSR count). The van der Waals surface area contributed by atoms with E-state index in [-0.39, 0.29) is 0 Å². The maximum atomic E-state index is 4.34. The van der Waals surface area contributed by atoms with Gasteiger partial charge in [-0.15, -0.1) is 6.58 Å². The first-order chi connectivity index (χ1) is 12.4. The molecule has 0 aliphatic heterocycles. The van der Waals surface area contributed by atoms with Crippen LogP contribution in [0.3, 0.4) is 0 Å². The average molecular weight is 353 g/mol. The van der Waals surface area contributed by atoms with Gasteiger partial charge in [0.2, 0.25) is 0 Å². The summed E-state index contributed by atoms with van der Waals surface area (Å²) in [5.41, 5.74) is 2.72. The van der Waals surface area contributed by atoms with Crippen LogP contribution in [0, 0.1) is 57.2 Å². The summed E-state index contributed by atoms with van der Waals surface area (Å²) in [7, 11) is 0. The van der Waals surface area contributed by atoms with Gasteiger partial charge in [0.1, 0.15) is 0 Å². The van der Waals surface area contributed by atoms with Crippen molar-refractivity contribution in [2.45, 2.75) is 91.4 Å². The molecule has 0 amide bonds. The fourth-order valence-corrected chi connectivity index (χ4v) is 11.2. The minimum absolute atomic E-state index is 0.547. The predicted molar refractivity (Wildman–Crippen MR) is 109 cm³/mol. The van der Waals surface area contributed by atoms with Gasteiger partial charge in [-0.25, -0.2) is 0 Å². The number of hydrogen-bond donors (Lipinski definition) is 0. The van der Waals surface area contributed by atoms with Crippen LogP contribution in [0.1, 0.15) is 91.4 Å². The molecule has 0 heterocycles. The van der Waals surface area contributed by atoms with Gasteiger partial charge < -0.3 is 0 Å². The molecule has 9 atom stereocenters. The Morgan fingerprint density at radius 2 is 1.58 bits per heavy atom. The molecule has 2 spiro atoms. The highest BCUT2D eigenvalue weighted by Gasteiger charge is 2.86. The standard InChI is InChI=1S/C26H40/c1-5-24-13-6-7-19(24)18-8-9-22-25(20(18)11-14-24)16-12-21-23(3,4)17(2)10-15-26(21,22)25/h5,17-22H,1,6-16H2,2-4H3. The van der Waals surface area contributed by atoms with Crippen molar-refractivity contribution >= 4 is 0 Å². The van der Waals surface area contributed by atoms with Gasteiger partial charge in [0.15, 0.2) is 0 Å². The summed E-state index contributed by atoms with van der Waals surface area (Å²) in [6, 6.07) is 0. The first-order valence-corrected chi connectivity index (χ1v) is 12.1. The van der Waals surface area contributed by atoms with Crippen LogP contribution in [-0.4, -0.2) is 0 Å². The van der Waals surface area contributed by atoms with E-state index in [0.717, 1.165) is 46.3 Å². The van der Waals surface area contributed by atoms with E-state index in [4.69, 9.17) is 0 Å². The van der Waals surface area contributed by atoms with E-state index in [2.05, 4.69) is 33.4 Å². The zero-order chi connectivity index (χ0) is 17.9. The van der Waals surface area contributed by atoms with E-state index in [1.807, 2.05) is 0 Å². The van der Waals surface area contributed by atoms with Gasteiger partial charge >= 0.3 is 0 Å². The smallest absolute Gasteiger partial charge is 0.00898 e. The minimum atomic E-state index is 0.547. The number of fused-ring (bicyclic) bond motifs is 3. The molecule has 144 valence electrons. The second-order valence-corrected chi connectivity index (χ2v) is 12.3. The quantitative estimate of drug-likeness (QED) is 0.436. The number of hydrogen-bond acceptors (Lipinski definition) is 0. The summed E-state index contributed by atoms with van der Waals surface area (Å²) < 4.78 is 0. The Balaban J connectivity index is 1.39. The SMILES string of the molecule is C=CC12CCCC1C1CCC3C4(CCC5C(C)(C)C(C)CCC534)C1CC2. The molecule has 0 bridgehead atoms. The zero-order valence-electron chi connectivity index (χ0n) is 17.5. The number of allylic oxidation sites excluding steroid dienone is 1. The van der Waals surface area contributed by atoms with E-state index in [0.29, 0.717) is 10.8 Å². The Kier molecular flexibility index (Phi) is 3.10. The van der Waals surface area contributed by atoms with E-state index >= 15 is 0 Å². The summed E-state index contributed by atoms with van der Waals surface area (Å²) in [6.07, 6.45) is 19.4. The zero-order valence-corrected chi connectivity index (χ0v) is 17.5. The maximum Gasteiger partial charge on any atom is -0.00898 e. The van der Waals surface area contributed by atoms with Crippen molar-refractivity contribution in [2.24, 2.45) is 57.2 Å². The van der Waals surface area contributed by atoms with E-state index in [1.165, 1.54) is 32.1 Å². The lowest BCUT2D eigenvalue weighted by atomic mass is 9.52. The van der Waals surface area contributed by atoms with E-state index < -0.39 is 0 Å². The molecular weight excluding hydrogens is 312 g/mol. The molecule has 26 heavy (non-hydrogen) atoms. The molecule has 6 aliphatic carbocycles. The molecular formula is C26H40. The second-order valence-electron chi connectivity index (χ2n) is 12.3. The highest BCUT2D eigenvalue weighted by Crippen LogP contribution is 2.92. The normalized spacial score (nSPS) is 61.7. The van der Waals surface area contributed by atoms with Gasteiger partial charge in [-0.3, -0.25) is 0 Å². The largest absolute Gasteiger partial charge is 0.103 e. The van der Waals surface area contributed by atoms with Crippen LogP contribution in [0.2, 0.25) is 0 Å². The van der Waals surface area contributed by atoms with Crippen molar-refractivity contribution in [3.63, 3.8) is 0 Å². The minimum Gasteiger partial charge on any atom is -0.103 e. The third kappa shape index (κ3) is 1.52. The van der Waals surface area contributed by atoms with Crippen LogP contribution in [0.15, 0.2) is 12.7 Å². The van der Waals surface area contributed by atoms with Crippen molar-refractivity contribution in [1.29, 1.82) is 0 Å². The van der Waals surface area contributed by atoms with E-state index in [9.17, 15) is 0 Å². The summed E-state index contributed by atoms with van der Waals surface area (Å²) in [4.78, 5) is 0. The fourth-order valence-electron chi connectivity index (χ4n) is 11.2. The Morgan fingerprint density at radius 1 is 0.769 bits per heavy atom. The predicted octanol–water partition coefficient (Wildman–Crippen LogP) is 7.25. The van der Waals surface area contributed by atoms with Crippen LogP contribution >= 0.6 is 0 Å². The summed E-state index contributed by atoms with van der Waals surface area (Å²) in [5.74, 6) is 6.24. The van der Waals surface area contributed by atoms with Gasteiger partial charge in [-0.1, -0.05) is 33.3 Å². The summed E-state index contributed by atoms with van der Waals surface area (Å²) in [5, 5.41) is 0. The Hall–Kier alpha value is -0.260. The third-order valence-electron chi connectivity index (χ3n) is 12.4. The molecule has 6 fully saturated rings. The molecule has 0 nitrogen and oxygen atoms in total. The van der Waals surface area contributed by atoms with Crippen LogP contribution in [-0.2, 0) is 0 Å². The third-order valence-corrected chi connectivity index (χ3v) is 12.4. The fraction of sp³-hybridized carbons (Fsp3) is 0.923. The van der Waals surface area contributed by atoms with E-state index in [1.54, 1.807) is 38.5 Å². The second kappa shape index (κ2) is 4.83. The first-order valence-electron chi connectivity index (χ1n) is 12.1. The van der Waals surface area contributed by atoms with Crippen LogP contribution in [0.4, 0.5) is 0 Å². The van der Waals surface area contributed by atoms with Crippen molar-refractivity contribution in [1.82, 2.24) is 0 Å². The monoisotopic (exact) mass is 352 g/mol. The maximum absolute atomic E-state index is 4.34. The van der Waals surface area contributed by atoms with Gasteiger partial charge in [0, 0.05) is 0 Å². The lowest BCUT2D eigenvalue weighted by Crippen LogP contribution is -2.45. The van der Waals surface area contributed by atoms with Crippen LogP contribution in [0.5, 0.6) is 0 Å². The highest BCUT2D eigenvalue weighted by molar-refractivity contribution is 5.34. The van der Waals surface area contributed by atoms with Crippen molar-refractivity contribution in [3.05, 3.63) is 12.7 Å².